The molecular weight excluding hydrogens is 352 g/mol. The molecule has 1 heterocycles. The molecule has 2 N–H and O–H groups in total. The molecule has 0 spiro atoms. The van der Waals surface area contributed by atoms with E-state index in [1.165, 1.54) is 11.0 Å². The number of aromatic nitrogens is 1. The van der Waals surface area contributed by atoms with Crippen molar-refractivity contribution in [1.29, 1.82) is 0 Å². The number of carbonyl (C=O) groups excluding carboxylic acids is 1. The highest BCUT2D eigenvalue weighted by Gasteiger charge is 2.25. The number of pyridine rings is 1. The highest BCUT2D eigenvalue weighted by atomic mass is 79.9. The summed E-state index contributed by atoms with van der Waals surface area (Å²) in [5, 5.41) is 19.7. The lowest BCUT2D eigenvalue weighted by atomic mass is 10.2. The number of nitrogens with zero attached hydrogens (tertiary/aromatic N) is 2. The fourth-order valence-corrected chi connectivity index (χ4v) is 2.02. The first-order chi connectivity index (χ1) is 10.1. The number of carbonyl (C=O) groups is 1. The Hall–Kier alpha value is -1.34. The van der Waals surface area contributed by atoms with E-state index in [0.717, 1.165) is 0 Å². The van der Waals surface area contributed by atoms with E-state index in [1.807, 2.05) is 6.92 Å². The van der Waals surface area contributed by atoms with Gasteiger partial charge in [0.25, 0.3) is 0 Å². The van der Waals surface area contributed by atoms with Crippen LogP contribution in [0, 0.1) is 0 Å². The van der Waals surface area contributed by atoms with Crippen LogP contribution in [0.15, 0.2) is 16.7 Å². The van der Waals surface area contributed by atoms with Crippen LogP contribution in [0.1, 0.15) is 39.8 Å². The van der Waals surface area contributed by atoms with Crippen LogP contribution in [0.3, 0.4) is 0 Å². The van der Waals surface area contributed by atoms with Crippen molar-refractivity contribution >= 4 is 22.0 Å². The van der Waals surface area contributed by atoms with Crippen LogP contribution >= 0.6 is 15.9 Å². The molecule has 0 bridgehead atoms. The van der Waals surface area contributed by atoms with Crippen molar-refractivity contribution in [2.75, 3.05) is 6.54 Å². The fraction of sp³-hybridized carbons (Fsp3) is 0.600. The van der Waals surface area contributed by atoms with Gasteiger partial charge in [0.15, 0.2) is 0 Å². The van der Waals surface area contributed by atoms with Gasteiger partial charge in [-0.3, -0.25) is 4.90 Å². The molecule has 0 saturated carbocycles. The van der Waals surface area contributed by atoms with Gasteiger partial charge in [-0.1, -0.05) is 6.92 Å². The van der Waals surface area contributed by atoms with E-state index < -0.39 is 17.8 Å². The summed E-state index contributed by atoms with van der Waals surface area (Å²) in [7, 11) is 0. The molecule has 0 aliphatic rings. The minimum Gasteiger partial charge on any atom is -0.506 e. The Kier molecular flexibility index (Phi) is 6.62. The second-order valence-electron chi connectivity index (χ2n) is 6.02. The summed E-state index contributed by atoms with van der Waals surface area (Å²) in [5.74, 6) is -0.0113. The fourth-order valence-electron chi connectivity index (χ4n) is 1.68. The Bertz CT molecular complexity index is 517. The summed E-state index contributed by atoms with van der Waals surface area (Å²) >= 11 is 3.23. The molecule has 0 aliphatic carbocycles. The van der Waals surface area contributed by atoms with Gasteiger partial charge in [-0.15, -0.1) is 0 Å². The first-order valence-electron chi connectivity index (χ1n) is 7.12. The van der Waals surface area contributed by atoms with E-state index >= 15 is 0 Å². The maximum Gasteiger partial charge on any atom is 0.410 e. The summed E-state index contributed by atoms with van der Waals surface area (Å²) in [6.07, 6.45) is -0.708. The average molecular weight is 375 g/mol. The number of hydrogen-bond donors (Lipinski definition) is 2. The van der Waals surface area contributed by atoms with Gasteiger partial charge in [0.1, 0.15) is 21.6 Å². The third-order valence-corrected chi connectivity index (χ3v) is 3.25. The molecule has 0 aromatic carbocycles. The van der Waals surface area contributed by atoms with Gasteiger partial charge in [0, 0.05) is 0 Å². The maximum atomic E-state index is 12.3. The van der Waals surface area contributed by atoms with Gasteiger partial charge in [0.05, 0.1) is 19.2 Å². The number of hydrogen-bond acceptors (Lipinski definition) is 5. The molecule has 7 heteroatoms. The summed E-state index contributed by atoms with van der Waals surface area (Å²) in [4.78, 5) is 17.8. The molecule has 1 rings (SSSR count). The normalized spacial score (nSPS) is 12.8. The van der Waals surface area contributed by atoms with Crippen molar-refractivity contribution in [3.05, 3.63) is 22.4 Å². The van der Waals surface area contributed by atoms with Crippen LogP contribution in [0.5, 0.6) is 5.75 Å². The summed E-state index contributed by atoms with van der Waals surface area (Å²) in [5.41, 5.74) is -0.303. The van der Waals surface area contributed by atoms with E-state index in [9.17, 15) is 15.0 Å². The maximum absolute atomic E-state index is 12.3. The van der Waals surface area contributed by atoms with Crippen LogP contribution in [0.4, 0.5) is 4.79 Å². The highest BCUT2D eigenvalue weighted by molar-refractivity contribution is 9.10. The van der Waals surface area contributed by atoms with E-state index in [-0.39, 0.29) is 18.8 Å². The lowest BCUT2D eigenvalue weighted by Gasteiger charge is -2.28. The molecule has 1 aromatic heterocycles. The molecule has 124 valence electrons. The molecule has 1 atom stereocenters. The number of amides is 1. The van der Waals surface area contributed by atoms with Gasteiger partial charge in [-0.2, -0.15) is 0 Å². The molecule has 22 heavy (non-hydrogen) atoms. The lowest BCUT2D eigenvalue weighted by Crippen LogP contribution is -2.40. The molecule has 0 radical (unpaired) electrons. The van der Waals surface area contributed by atoms with Crippen LogP contribution in [0.2, 0.25) is 0 Å². The van der Waals surface area contributed by atoms with E-state index in [1.54, 1.807) is 26.8 Å². The average Bonchev–Trinajstić information content (AvgIpc) is 2.39. The van der Waals surface area contributed by atoms with Crippen LogP contribution in [0.25, 0.3) is 0 Å². The molecule has 1 aromatic rings. The smallest absolute Gasteiger partial charge is 0.410 e. The van der Waals surface area contributed by atoms with Crippen LogP contribution in [-0.4, -0.2) is 44.4 Å². The molecule has 0 fully saturated rings. The summed E-state index contributed by atoms with van der Waals surface area (Å²) < 4.78 is 5.90. The SMILES string of the molecule is CC[C@H](O)CN(Cc1nc(Br)ccc1O)C(=O)OC(C)(C)C. The van der Waals surface area contributed by atoms with Crippen LogP contribution < -0.4 is 0 Å². The van der Waals surface area contributed by atoms with Gasteiger partial charge in [-0.05, 0) is 55.3 Å². The second kappa shape index (κ2) is 7.78. The molecule has 0 saturated heterocycles. The Morgan fingerprint density at radius 1 is 1.45 bits per heavy atom. The first kappa shape index (κ1) is 18.7. The molecule has 1 amide bonds. The zero-order valence-electron chi connectivity index (χ0n) is 13.3. The minimum atomic E-state index is -0.665. The number of rotatable bonds is 5. The van der Waals surface area contributed by atoms with E-state index in [4.69, 9.17) is 4.74 Å². The minimum absolute atomic E-state index is 0.0113. The Morgan fingerprint density at radius 3 is 2.64 bits per heavy atom. The number of aromatic hydroxyl groups is 1. The van der Waals surface area contributed by atoms with Crippen molar-refractivity contribution in [2.24, 2.45) is 0 Å². The topological polar surface area (TPSA) is 82.9 Å². The predicted molar refractivity (Wildman–Crippen MR) is 86.5 cm³/mol. The van der Waals surface area contributed by atoms with E-state index in [2.05, 4.69) is 20.9 Å². The van der Waals surface area contributed by atoms with Crippen LogP contribution in [-0.2, 0) is 11.3 Å². The van der Waals surface area contributed by atoms with Gasteiger partial charge >= 0.3 is 6.09 Å². The molecule has 0 aliphatic heterocycles. The standard InChI is InChI=1S/C15H23BrN2O4/c1-5-10(19)8-18(14(21)22-15(2,3)4)9-11-12(20)6-7-13(16)17-11/h6-7,10,19-20H,5,8-9H2,1-4H3/t10-/m0/s1. The van der Waals surface area contributed by atoms with Crippen molar-refractivity contribution in [3.63, 3.8) is 0 Å². The molecule has 0 unspecified atom stereocenters. The zero-order valence-corrected chi connectivity index (χ0v) is 14.9. The van der Waals surface area contributed by atoms with Gasteiger partial charge in [0.2, 0.25) is 0 Å². The van der Waals surface area contributed by atoms with Gasteiger partial charge < -0.3 is 14.9 Å². The number of aliphatic hydroxyl groups excluding tert-OH is 1. The quantitative estimate of drug-likeness (QED) is 0.773. The van der Waals surface area contributed by atoms with Crippen molar-refractivity contribution < 1.29 is 19.7 Å². The van der Waals surface area contributed by atoms with E-state index in [0.29, 0.717) is 16.7 Å². The predicted octanol–water partition coefficient (Wildman–Crippen LogP) is 3.06. The number of halogens is 1. The Balaban J connectivity index is 2.94. The monoisotopic (exact) mass is 374 g/mol. The molecular formula is C15H23BrN2O4. The summed E-state index contributed by atoms with van der Waals surface area (Å²) in [6.45, 7) is 7.31. The second-order valence-corrected chi connectivity index (χ2v) is 6.84. The Labute approximate surface area is 139 Å². The Morgan fingerprint density at radius 2 is 2.09 bits per heavy atom. The number of aliphatic hydroxyl groups is 1. The van der Waals surface area contributed by atoms with Crippen molar-refractivity contribution in [2.45, 2.75) is 52.4 Å². The first-order valence-corrected chi connectivity index (χ1v) is 7.92. The van der Waals surface area contributed by atoms with Gasteiger partial charge in [-0.25, -0.2) is 9.78 Å². The third kappa shape index (κ3) is 6.19. The third-order valence-electron chi connectivity index (χ3n) is 2.81. The van der Waals surface area contributed by atoms with Crippen molar-refractivity contribution in [1.82, 2.24) is 9.88 Å². The zero-order chi connectivity index (χ0) is 16.9. The largest absolute Gasteiger partial charge is 0.506 e. The molecule has 6 nitrogen and oxygen atoms in total. The number of ether oxygens (including phenoxy) is 1. The van der Waals surface area contributed by atoms with Crippen molar-refractivity contribution in [3.8, 4) is 5.75 Å². The lowest BCUT2D eigenvalue weighted by molar-refractivity contribution is 0.0119. The highest BCUT2D eigenvalue weighted by Crippen LogP contribution is 2.21. The summed E-state index contributed by atoms with van der Waals surface area (Å²) in [6, 6.07) is 3.10.